The van der Waals surface area contributed by atoms with Crippen LogP contribution in [0.5, 0.6) is 5.75 Å². The van der Waals surface area contributed by atoms with Crippen molar-refractivity contribution in [3.8, 4) is 5.75 Å². The van der Waals surface area contributed by atoms with Gasteiger partial charge >= 0.3 is 0 Å². The first kappa shape index (κ1) is 13.8. The molecule has 0 radical (unpaired) electrons. The SMILES string of the molecule is CC(C)c1ccccc1OCc1ccc(Cl)c(N)c1. The van der Waals surface area contributed by atoms with Crippen molar-refractivity contribution in [1.82, 2.24) is 0 Å². The quantitative estimate of drug-likeness (QED) is 0.826. The van der Waals surface area contributed by atoms with Crippen molar-refractivity contribution >= 4 is 17.3 Å². The predicted octanol–water partition coefficient (Wildman–Crippen LogP) is 4.62. The van der Waals surface area contributed by atoms with Crippen LogP contribution >= 0.6 is 11.6 Å². The van der Waals surface area contributed by atoms with Crippen molar-refractivity contribution < 1.29 is 4.74 Å². The van der Waals surface area contributed by atoms with E-state index in [2.05, 4.69) is 19.9 Å². The minimum atomic E-state index is 0.437. The molecule has 2 aromatic rings. The molecule has 0 unspecified atom stereocenters. The Morgan fingerprint density at radius 1 is 1.16 bits per heavy atom. The van der Waals surface area contributed by atoms with Gasteiger partial charge in [-0.25, -0.2) is 0 Å². The first-order valence-electron chi connectivity index (χ1n) is 6.33. The molecule has 0 bridgehead atoms. The van der Waals surface area contributed by atoms with Crippen LogP contribution in [-0.4, -0.2) is 0 Å². The van der Waals surface area contributed by atoms with E-state index in [0.29, 0.717) is 23.2 Å². The van der Waals surface area contributed by atoms with Crippen molar-refractivity contribution in [2.45, 2.75) is 26.4 Å². The number of rotatable bonds is 4. The summed E-state index contributed by atoms with van der Waals surface area (Å²) < 4.78 is 5.88. The largest absolute Gasteiger partial charge is 0.489 e. The van der Waals surface area contributed by atoms with Gasteiger partial charge in [0.05, 0.1) is 10.7 Å². The lowest BCUT2D eigenvalue weighted by Gasteiger charge is -2.14. The lowest BCUT2D eigenvalue weighted by Crippen LogP contribution is -2.00. The predicted molar refractivity (Wildman–Crippen MR) is 80.7 cm³/mol. The van der Waals surface area contributed by atoms with Gasteiger partial charge in [0, 0.05) is 0 Å². The average Bonchev–Trinajstić information content (AvgIpc) is 2.40. The number of anilines is 1. The molecule has 100 valence electrons. The minimum absolute atomic E-state index is 0.437. The smallest absolute Gasteiger partial charge is 0.123 e. The van der Waals surface area contributed by atoms with Gasteiger partial charge in [-0.15, -0.1) is 0 Å². The zero-order valence-electron chi connectivity index (χ0n) is 11.2. The average molecular weight is 276 g/mol. The van der Waals surface area contributed by atoms with E-state index < -0.39 is 0 Å². The molecule has 2 nitrogen and oxygen atoms in total. The molecule has 2 N–H and O–H groups in total. The van der Waals surface area contributed by atoms with Crippen LogP contribution < -0.4 is 10.5 Å². The van der Waals surface area contributed by atoms with Crippen LogP contribution in [0.4, 0.5) is 5.69 Å². The molecule has 0 aliphatic carbocycles. The summed E-state index contributed by atoms with van der Waals surface area (Å²) >= 11 is 5.90. The Morgan fingerprint density at radius 3 is 2.58 bits per heavy atom. The Kier molecular flexibility index (Phi) is 4.33. The lowest BCUT2D eigenvalue weighted by molar-refractivity contribution is 0.302. The van der Waals surface area contributed by atoms with Gasteiger partial charge in [0.2, 0.25) is 0 Å². The van der Waals surface area contributed by atoms with Crippen LogP contribution in [0.3, 0.4) is 0 Å². The normalized spacial score (nSPS) is 10.7. The van der Waals surface area contributed by atoms with Gasteiger partial charge in [-0.05, 0) is 35.2 Å². The van der Waals surface area contributed by atoms with Crippen LogP contribution in [0, 0.1) is 0 Å². The monoisotopic (exact) mass is 275 g/mol. The van der Waals surface area contributed by atoms with E-state index in [-0.39, 0.29) is 0 Å². The highest BCUT2D eigenvalue weighted by Crippen LogP contribution is 2.27. The van der Waals surface area contributed by atoms with Crippen molar-refractivity contribution in [1.29, 1.82) is 0 Å². The van der Waals surface area contributed by atoms with E-state index >= 15 is 0 Å². The fourth-order valence-corrected chi connectivity index (χ4v) is 2.05. The maximum atomic E-state index is 5.90. The second-order valence-corrected chi connectivity index (χ2v) is 5.24. The van der Waals surface area contributed by atoms with E-state index in [4.69, 9.17) is 22.1 Å². The van der Waals surface area contributed by atoms with Gasteiger partial charge < -0.3 is 10.5 Å². The third-order valence-corrected chi connectivity index (χ3v) is 3.34. The first-order chi connectivity index (χ1) is 9.08. The van der Waals surface area contributed by atoms with Gasteiger partial charge in [0.25, 0.3) is 0 Å². The number of halogens is 1. The highest BCUT2D eigenvalue weighted by atomic mass is 35.5. The summed E-state index contributed by atoms with van der Waals surface area (Å²) in [5, 5.41) is 0.575. The van der Waals surface area contributed by atoms with E-state index in [9.17, 15) is 0 Å². The number of hydrogen-bond donors (Lipinski definition) is 1. The maximum Gasteiger partial charge on any atom is 0.123 e. The summed E-state index contributed by atoms with van der Waals surface area (Å²) in [7, 11) is 0. The van der Waals surface area contributed by atoms with Crippen LogP contribution in [0.2, 0.25) is 5.02 Å². The molecular formula is C16H18ClNO. The third kappa shape index (κ3) is 3.42. The summed E-state index contributed by atoms with van der Waals surface area (Å²) in [6.45, 7) is 4.80. The number of para-hydroxylation sites is 1. The second kappa shape index (κ2) is 5.98. The minimum Gasteiger partial charge on any atom is -0.489 e. The van der Waals surface area contributed by atoms with Crippen LogP contribution in [0.1, 0.15) is 30.9 Å². The molecule has 0 heterocycles. The van der Waals surface area contributed by atoms with Gasteiger partial charge in [0.15, 0.2) is 0 Å². The molecule has 0 aliphatic heterocycles. The molecule has 0 saturated carbocycles. The van der Waals surface area contributed by atoms with Crippen molar-refractivity contribution in [2.24, 2.45) is 0 Å². The fourth-order valence-electron chi connectivity index (χ4n) is 1.93. The van der Waals surface area contributed by atoms with Gasteiger partial charge in [0.1, 0.15) is 12.4 Å². The molecule has 2 aromatic carbocycles. The Hall–Kier alpha value is -1.67. The molecular weight excluding hydrogens is 258 g/mol. The zero-order chi connectivity index (χ0) is 13.8. The first-order valence-corrected chi connectivity index (χ1v) is 6.71. The highest BCUT2D eigenvalue weighted by Gasteiger charge is 2.07. The molecule has 0 atom stereocenters. The number of nitrogens with two attached hydrogens (primary N) is 1. The fraction of sp³-hybridized carbons (Fsp3) is 0.250. The van der Waals surface area contributed by atoms with Crippen molar-refractivity contribution in [3.05, 3.63) is 58.6 Å². The summed E-state index contributed by atoms with van der Waals surface area (Å²) in [6.07, 6.45) is 0. The standard InChI is InChI=1S/C16H18ClNO/c1-11(2)13-5-3-4-6-16(13)19-10-12-7-8-14(17)15(18)9-12/h3-9,11H,10,18H2,1-2H3. The summed E-state index contributed by atoms with van der Waals surface area (Å²) in [4.78, 5) is 0. The number of benzene rings is 2. The molecule has 2 rings (SSSR count). The molecule has 0 amide bonds. The Bertz CT molecular complexity index is 566. The molecule has 0 spiro atoms. The van der Waals surface area contributed by atoms with E-state index in [1.807, 2.05) is 30.3 Å². The van der Waals surface area contributed by atoms with Gasteiger partial charge in [-0.3, -0.25) is 0 Å². The maximum absolute atomic E-state index is 5.90. The zero-order valence-corrected chi connectivity index (χ0v) is 11.9. The third-order valence-electron chi connectivity index (χ3n) is 3.00. The summed E-state index contributed by atoms with van der Waals surface area (Å²) in [5.41, 5.74) is 8.59. The molecule has 19 heavy (non-hydrogen) atoms. The lowest BCUT2D eigenvalue weighted by atomic mass is 10.0. The van der Waals surface area contributed by atoms with Gasteiger partial charge in [-0.1, -0.05) is 49.7 Å². The van der Waals surface area contributed by atoms with E-state index in [1.54, 1.807) is 6.07 Å². The summed E-state index contributed by atoms with van der Waals surface area (Å²) in [6, 6.07) is 13.7. The molecule has 0 aromatic heterocycles. The molecule has 0 fully saturated rings. The molecule has 0 aliphatic rings. The highest BCUT2D eigenvalue weighted by molar-refractivity contribution is 6.33. The van der Waals surface area contributed by atoms with Crippen LogP contribution in [-0.2, 0) is 6.61 Å². The number of hydrogen-bond acceptors (Lipinski definition) is 2. The van der Waals surface area contributed by atoms with Crippen molar-refractivity contribution in [2.75, 3.05) is 5.73 Å². The Balaban J connectivity index is 2.12. The number of nitrogen functional groups attached to an aromatic ring is 1. The van der Waals surface area contributed by atoms with Gasteiger partial charge in [-0.2, -0.15) is 0 Å². The van der Waals surface area contributed by atoms with Crippen LogP contribution in [0.15, 0.2) is 42.5 Å². The molecule has 0 saturated heterocycles. The molecule has 3 heteroatoms. The van der Waals surface area contributed by atoms with Crippen molar-refractivity contribution in [3.63, 3.8) is 0 Å². The Morgan fingerprint density at radius 2 is 1.89 bits per heavy atom. The topological polar surface area (TPSA) is 35.2 Å². The van der Waals surface area contributed by atoms with E-state index in [0.717, 1.165) is 11.3 Å². The van der Waals surface area contributed by atoms with Crippen LogP contribution in [0.25, 0.3) is 0 Å². The summed E-state index contributed by atoms with van der Waals surface area (Å²) in [5.74, 6) is 1.36. The number of ether oxygens (including phenoxy) is 1. The second-order valence-electron chi connectivity index (χ2n) is 4.84. The Labute approximate surface area is 119 Å². The van der Waals surface area contributed by atoms with E-state index in [1.165, 1.54) is 5.56 Å².